The molecule has 0 atom stereocenters. The fourth-order valence-corrected chi connectivity index (χ4v) is 6.93. The molecule has 3 aliphatic rings. The van der Waals surface area contributed by atoms with Gasteiger partial charge in [-0.3, -0.25) is 9.59 Å². The fraction of sp³-hybridized carbons (Fsp3) is 0.438. The molecule has 0 N–H and O–H groups in total. The first-order valence-electron chi connectivity index (χ1n) is 13.7. The minimum Gasteiger partial charge on any atom is -0.493 e. The van der Waals surface area contributed by atoms with E-state index in [-0.39, 0.29) is 11.6 Å². The molecule has 5 rings (SSSR count). The number of nitrogens with zero attached hydrogens (tertiary/aromatic N) is 1. The Balaban J connectivity index is 1.58. The quantitative estimate of drug-likeness (QED) is 0.339. The highest BCUT2D eigenvalue weighted by atomic mass is 79.9. The number of carbonyl (C=O) groups is 2. The maximum Gasteiger partial charge on any atom is 0.175 e. The number of carbonyl (C=O) groups excluding carboxylic acids is 2. The van der Waals surface area contributed by atoms with E-state index in [1.807, 2.05) is 12.1 Å². The Hall–Kier alpha value is -2.90. The van der Waals surface area contributed by atoms with Gasteiger partial charge in [-0.1, -0.05) is 29.3 Å². The van der Waals surface area contributed by atoms with Gasteiger partial charge >= 0.3 is 0 Å². The van der Waals surface area contributed by atoms with Gasteiger partial charge in [-0.15, -0.1) is 0 Å². The van der Waals surface area contributed by atoms with Gasteiger partial charge in [-0.05, 0) is 78.7 Å². The third-order valence-electron chi connectivity index (χ3n) is 7.86. The average molecular weight is 595 g/mol. The van der Waals surface area contributed by atoms with Crippen LogP contribution in [0.25, 0.3) is 0 Å². The third-order valence-corrected chi connectivity index (χ3v) is 8.44. The molecular formula is C32H36BrNO5. The lowest BCUT2D eigenvalue weighted by atomic mass is 9.71. The number of Topliss-reactive ketones (excluding diaryl/α,β-unsaturated/α-hetero) is 2. The van der Waals surface area contributed by atoms with Crippen LogP contribution in [0.1, 0.15) is 66.7 Å². The van der Waals surface area contributed by atoms with Gasteiger partial charge in [0.25, 0.3) is 0 Å². The van der Waals surface area contributed by atoms with E-state index in [1.54, 1.807) is 14.2 Å². The van der Waals surface area contributed by atoms with Crippen LogP contribution >= 0.6 is 15.9 Å². The number of ketones is 2. The van der Waals surface area contributed by atoms with Crippen molar-refractivity contribution in [3.8, 4) is 11.5 Å². The molecule has 7 heteroatoms. The number of ether oxygens (including phenoxy) is 3. The topological polar surface area (TPSA) is 65.1 Å². The lowest BCUT2D eigenvalue weighted by Crippen LogP contribution is -2.40. The molecule has 0 amide bonds. The summed E-state index contributed by atoms with van der Waals surface area (Å²) < 4.78 is 18.2. The van der Waals surface area contributed by atoms with Crippen LogP contribution in [0.3, 0.4) is 0 Å². The third kappa shape index (κ3) is 5.44. The van der Waals surface area contributed by atoms with Crippen molar-refractivity contribution in [2.45, 2.75) is 64.9 Å². The van der Waals surface area contributed by atoms with Crippen molar-refractivity contribution >= 4 is 27.5 Å². The lowest BCUT2D eigenvalue weighted by Gasteiger charge is -2.44. The van der Waals surface area contributed by atoms with Gasteiger partial charge in [0.1, 0.15) is 6.61 Å². The van der Waals surface area contributed by atoms with Crippen molar-refractivity contribution in [3.63, 3.8) is 0 Å². The summed E-state index contributed by atoms with van der Waals surface area (Å²) in [4.78, 5) is 29.2. The second-order valence-electron chi connectivity index (χ2n) is 10.7. The summed E-state index contributed by atoms with van der Waals surface area (Å²) in [6.45, 7) is 5.73. The molecule has 206 valence electrons. The minimum absolute atomic E-state index is 0.124. The highest BCUT2D eigenvalue weighted by Gasteiger charge is 2.43. The average Bonchev–Trinajstić information content (AvgIpc) is 2.90. The molecule has 0 spiro atoms. The molecule has 0 bridgehead atoms. The maximum absolute atomic E-state index is 13.5. The van der Waals surface area contributed by atoms with E-state index in [0.29, 0.717) is 44.1 Å². The van der Waals surface area contributed by atoms with Gasteiger partial charge in [-0.25, -0.2) is 0 Å². The summed E-state index contributed by atoms with van der Waals surface area (Å²) in [5.41, 5.74) is 7.93. The summed E-state index contributed by atoms with van der Waals surface area (Å²) in [5, 5.41) is 0. The Labute approximate surface area is 239 Å². The normalized spacial score (nSPS) is 17.9. The second kappa shape index (κ2) is 11.7. The number of halogens is 1. The monoisotopic (exact) mass is 593 g/mol. The number of hydrogen-bond acceptors (Lipinski definition) is 6. The van der Waals surface area contributed by atoms with E-state index in [4.69, 9.17) is 14.2 Å². The predicted octanol–water partition coefficient (Wildman–Crippen LogP) is 6.71. The molecule has 0 unspecified atom stereocenters. The van der Waals surface area contributed by atoms with Gasteiger partial charge < -0.3 is 19.1 Å². The van der Waals surface area contributed by atoms with E-state index in [1.165, 1.54) is 11.1 Å². The Morgan fingerprint density at radius 2 is 1.49 bits per heavy atom. The van der Waals surface area contributed by atoms with Crippen molar-refractivity contribution in [3.05, 3.63) is 79.6 Å². The zero-order valence-electron chi connectivity index (χ0n) is 23.2. The van der Waals surface area contributed by atoms with Crippen molar-refractivity contribution in [2.75, 3.05) is 27.4 Å². The minimum atomic E-state index is -0.409. The van der Waals surface area contributed by atoms with Crippen LogP contribution in [0.4, 0.5) is 0 Å². The van der Waals surface area contributed by atoms with Gasteiger partial charge in [0.15, 0.2) is 23.1 Å². The van der Waals surface area contributed by atoms with Crippen LogP contribution < -0.4 is 9.47 Å². The molecule has 2 aromatic carbocycles. The number of hydrogen-bond donors (Lipinski definition) is 0. The van der Waals surface area contributed by atoms with Crippen LogP contribution in [-0.4, -0.2) is 43.8 Å². The fourth-order valence-electron chi connectivity index (χ4n) is 6.36. The SMILES string of the molecule is COCCN1C2=C(C(=O)CCC2)C(c2cc(Br)c(OCc3cc(C)cc(C)c3)c(OC)c2)C2=C1CCCC2=O. The Morgan fingerprint density at radius 1 is 0.872 bits per heavy atom. The van der Waals surface area contributed by atoms with Gasteiger partial charge in [0.05, 0.1) is 18.2 Å². The number of methoxy groups -OCH3 is 2. The van der Waals surface area contributed by atoms with Crippen LogP contribution in [0.15, 0.2) is 57.3 Å². The van der Waals surface area contributed by atoms with E-state index in [0.717, 1.165) is 63.8 Å². The summed E-state index contributed by atoms with van der Waals surface area (Å²) in [6.07, 6.45) is 4.29. The summed E-state index contributed by atoms with van der Waals surface area (Å²) in [5.74, 6) is 1.01. The Kier molecular flexibility index (Phi) is 8.29. The van der Waals surface area contributed by atoms with Crippen LogP contribution in [-0.2, 0) is 20.9 Å². The first-order chi connectivity index (χ1) is 18.8. The molecule has 0 radical (unpaired) electrons. The molecule has 2 aromatic rings. The Bertz CT molecular complexity index is 1310. The van der Waals surface area contributed by atoms with Crippen LogP contribution in [0.5, 0.6) is 11.5 Å². The van der Waals surface area contributed by atoms with Crippen molar-refractivity contribution in [2.24, 2.45) is 0 Å². The summed E-state index contributed by atoms with van der Waals surface area (Å²) in [7, 11) is 3.30. The molecule has 0 fully saturated rings. The molecule has 2 aliphatic carbocycles. The zero-order chi connectivity index (χ0) is 27.7. The van der Waals surface area contributed by atoms with Crippen LogP contribution in [0.2, 0.25) is 0 Å². The van der Waals surface area contributed by atoms with Crippen LogP contribution in [0, 0.1) is 13.8 Å². The highest BCUT2D eigenvalue weighted by molar-refractivity contribution is 9.10. The van der Waals surface area contributed by atoms with E-state index < -0.39 is 5.92 Å². The van der Waals surface area contributed by atoms with E-state index >= 15 is 0 Å². The number of allylic oxidation sites excluding steroid dienone is 4. The summed E-state index contributed by atoms with van der Waals surface area (Å²) in [6, 6.07) is 10.3. The summed E-state index contributed by atoms with van der Waals surface area (Å²) >= 11 is 3.73. The first-order valence-corrected chi connectivity index (χ1v) is 14.5. The molecule has 1 heterocycles. The number of rotatable bonds is 8. The largest absolute Gasteiger partial charge is 0.493 e. The van der Waals surface area contributed by atoms with Crippen molar-refractivity contribution in [1.29, 1.82) is 0 Å². The second-order valence-corrected chi connectivity index (χ2v) is 11.5. The van der Waals surface area contributed by atoms with Gasteiger partial charge in [-0.2, -0.15) is 0 Å². The molecule has 0 saturated carbocycles. The maximum atomic E-state index is 13.5. The number of aryl methyl sites for hydroxylation is 2. The lowest BCUT2D eigenvalue weighted by molar-refractivity contribution is -0.117. The molecule has 6 nitrogen and oxygen atoms in total. The molecule has 0 saturated heterocycles. The predicted molar refractivity (Wildman–Crippen MR) is 154 cm³/mol. The standard InChI is InChI=1S/C32H36BrNO5/c1-19-13-20(2)15-21(14-19)18-39-32-23(33)16-22(17-28(32)38-4)29-30-24(7-5-9-26(30)35)34(11-12-37-3)25-8-6-10-27(36)31(25)29/h13-17,29H,5-12,18H2,1-4H3. The van der Waals surface area contributed by atoms with Gasteiger partial charge in [0, 0.05) is 55.0 Å². The molecule has 0 aromatic heterocycles. The molecular weight excluding hydrogens is 558 g/mol. The first kappa shape index (κ1) is 27.7. The molecule has 1 aliphatic heterocycles. The molecule has 39 heavy (non-hydrogen) atoms. The van der Waals surface area contributed by atoms with Crippen molar-refractivity contribution < 1.29 is 23.8 Å². The van der Waals surface area contributed by atoms with E-state index in [2.05, 4.69) is 52.9 Å². The van der Waals surface area contributed by atoms with Gasteiger partial charge in [0.2, 0.25) is 0 Å². The van der Waals surface area contributed by atoms with E-state index in [9.17, 15) is 9.59 Å². The Morgan fingerprint density at radius 3 is 2.05 bits per heavy atom. The smallest absolute Gasteiger partial charge is 0.175 e. The van der Waals surface area contributed by atoms with Crippen molar-refractivity contribution in [1.82, 2.24) is 4.90 Å². The zero-order valence-corrected chi connectivity index (χ0v) is 24.8. The highest BCUT2D eigenvalue weighted by Crippen LogP contribution is 2.51. The number of benzene rings is 2.